The van der Waals surface area contributed by atoms with Crippen LogP contribution in [0.15, 0.2) is 6.07 Å². The first-order valence-electron chi connectivity index (χ1n) is 4.03. The van der Waals surface area contributed by atoms with Crippen LogP contribution in [-0.2, 0) is 11.2 Å². The van der Waals surface area contributed by atoms with Crippen molar-refractivity contribution in [3.8, 4) is 0 Å². The van der Waals surface area contributed by atoms with Gasteiger partial charge in [-0.2, -0.15) is 0 Å². The van der Waals surface area contributed by atoms with Crippen molar-refractivity contribution in [3.05, 3.63) is 34.9 Å². The van der Waals surface area contributed by atoms with E-state index in [1.807, 2.05) is 0 Å². The summed E-state index contributed by atoms with van der Waals surface area (Å²) < 4.78 is 56.0. The maximum atomic E-state index is 13.0. The Balaban J connectivity index is 2.42. The van der Waals surface area contributed by atoms with E-state index in [-0.39, 0.29) is 18.6 Å². The topological polar surface area (TPSA) is 12.5 Å². The SMILES string of the molecule is Fc1cc(F)c(F)c(CC2CO2)c1F. The van der Waals surface area contributed by atoms with Crippen molar-refractivity contribution in [1.29, 1.82) is 0 Å². The van der Waals surface area contributed by atoms with Crippen molar-refractivity contribution in [2.75, 3.05) is 6.61 Å². The molecule has 76 valence electrons. The minimum absolute atomic E-state index is 0.133. The third-order valence-corrected chi connectivity index (χ3v) is 2.04. The summed E-state index contributed by atoms with van der Waals surface area (Å²) in [6.07, 6.45) is -0.452. The van der Waals surface area contributed by atoms with Crippen molar-refractivity contribution in [2.45, 2.75) is 12.5 Å². The van der Waals surface area contributed by atoms with Gasteiger partial charge in [0.25, 0.3) is 0 Å². The van der Waals surface area contributed by atoms with Crippen LogP contribution >= 0.6 is 0 Å². The summed E-state index contributed by atoms with van der Waals surface area (Å²) in [4.78, 5) is 0. The van der Waals surface area contributed by atoms with Crippen molar-refractivity contribution in [3.63, 3.8) is 0 Å². The molecule has 1 heterocycles. The summed E-state index contributed by atoms with van der Waals surface area (Å²) in [5, 5.41) is 0. The molecule has 0 spiro atoms. The molecule has 1 aromatic rings. The number of hydrogen-bond donors (Lipinski definition) is 0. The summed E-state index contributed by atoms with van der Waals surface area (Å²) >= 11 is 0. The van der Waals surface area contributed by atoms with E-state index in [4.69, 9.17) is 4.74 Å². The van der Waals surface area contributed by atoms with Crippen LogP contribution in [0, 0.1) is 23.3 Å². The van der Waals surface area contributed by atoms with Crippen molar-refractivity contribution < 1.29 is 22.3 Å². The van der Waals surface area contributed by atoms with E-state index in [0.29, 0.717) is 6.61 Å². The zero-order chi connectivity index (χ0) is 10.3. The average molecular weight is 206 g/mol. The van der Waals surface area contributed by atoms with Gasteiger partial charge in [-0.1, -0.05) is 0 Å². The Kier molecular flexibility index (Phi) is 2.19. The number of hydrogen-bond acceptors (Lipinski definition) is 1. The van der Waals surface area contributed by atoms with E-state index in [1.165, 1.54) is 0 Å². The zero-order valence-corrected chi connectivity index (χ0v) is 6.99. The first-order valence-corrected chi connectivity index (χ1v) is 4.03. The van der Waals surface area contributed by atoms with Gasteiger partial charge in [-0.05, 0) is 0 Å². The van der Waals surface area contributed by atoms with Gasteiger partial charge in [-0.25, -0.2) is 17.6 Å². The largest absolute Gasteiger partial charge is 0.373 e. The highest BCUT2D eigenvalue weighted by Crippen LogP contribution is 2.24. The molecule has 1 atom stereocenters. The molecule has 0 bridgehead atoms. The number of halogens is 4. The monoisotopic (exact) mass is 206 g/mol. The van der Waals surface area contributed by atoms with Gasteiger partial charge in [-0.3, -0.25) is 0 Å². The number of ether oxygens (including phenoxy) is 1. The summed E-state index contributed by atoms with van der Waals surface area (Å²) in [7, 11) is 0. The Morgan fingerprint density at radius 3 is 2.07 bits per heavy atom. The molecule has 0 saturated carbocycles. The molecule has 1 aromatic carbocycles. The minimum Gasteiger partial charge on any atom is -0.373 e. The van der Waals surface area contributed by atoms with Crippen LogP contribution in [0.3, 0.4) is 0 Å². The molecule has 1 nitrogen and oxygen atoms in total. The number of benzene rings is 1. The van der Waals surface area contributed by atoms with Crippen LogP contribution in [-0.4, -0.2) is 12.7 Å². The fourth-order valence-corrected chi connectivity index (χ4v) is 1.22. The summed E-state index contributed by atoms with van der Waals surface area (Å²) in [6.45, 7) is 0.372. The second-order valence-corrected chi connectivity index (χ2v) is 3.11. The fourth-order valence-electron chi connectivity index (χ4n) is 1.22. The molecule has 1 aliphatic rings. The van der Waals surface area contributed by atoms with Gasteiger partial charge in [0.15, 0.2) is 23.3 Å². The maximum Gasteiger partial charge on any atom is 0.165 e. The summed E-state index contributed by atoms with van der Waals surface area (Å²) in [5.74, 6) is -5.42. The van der Waals surface area contributed by atoms with Gasteiger partial charge in [-0.15, -0.1) is 0 Å². The van der Waals surface area contributed by atoms with Crippen molar-refractivity contribution in [2.24, 2.45) is 0 Å². The predicted molar refractivity (Wildman–Crippen MR) is 39.7 cm³/mol. The first kappa shape index (κ1) is 9.45. The Hall–Kier alpha value is -1.10. The predicted octanol–water partition coefficient (Wildman–Crippen LogP) is 2.18. The minimum atomic E-state index is -1.38. The molecule has 1 fully saturated rings. The van der Waals surface area contributed by atoms with E-state index in [2.05, 4.69) is 0 Å². The maximum absolute atomic E-state index is 13.0. The molecule has 2 rings (SSSR count). The van der Waals surface area contributed by atoms with E-state index in [0.717, 1.165) is 0 Å². The van der Waals surface area contributed by atoms with Crippen LogP contribution in [0.1, 0.15) is 5.56 Å². The second-order valence-electron chi connectivity index (χ2n) is 3.11. The second kappa shape index (κ2) is 3.24. The van der Waals surface area contributed by atoms with Gasteiger partial charge < -0.3 is 4.74 Å². The Morgan fingerprint density at radius 1 is 1.14 bits per heavy atom. The van der Waals surface area contributed by atoms with Crippen LogP contribution in [0.25, 0.3) is 0 Å². The molecule has 1 saturated heterocycles. The van der Waals surface area contributed by atoms with Gasteiger partial charge in [0.2, 0.25) is 0 Å². The normalized spacial score (nSPS) is 19.9. The van der Waals surface area contributed by atoms with E-state index in [1.54, 1.807) is 0 Å². The fraction of sp³-hybridized carbons (Fsp3) is 0.333. The Labute approximate surface area is 77.3 Å². The molecule has 5 heteroatoms. The lowest BCUT2D eigenvalue weighted by Gasteiger charge is -2.04. The van der Waals surface area contributed by atoms with E-state index in [9.17, 15) is 17.6 Å². The van der Waals surface area contributed by atoms with Crippen LogP contribution < -0.4 is 0 Å². The van der Waals surface area contributed by atoms with Gasteiger partial charge in [0, 0.05) is 18.1 Å². The molecular weight excluding hydrogens is 200 g/mol. The highest BCUT2D eigenvalue weighted by molar-refractivity contribution is 5.23. The smallest absolute Gasteiger partial charge is 0.165 e. The first-order chi connectivity index (χ1) is 6.59. The molecule has 0 radical (unpaired) electrons. The van der Waals surface area contributed by atoms with E-state index < -0.39 is 28.8 Å². The molecule has 0 aliphatic carbocycles. The molecular formula is C9H6F4O. The molecule has 1 aliphatic heterocycles. The summed E-state index contributed by atoms with van der Waals surface area (Å²) in [6, 6.07) is 0.196. The van der Waals surface area contributed by atoms with Crippen LogP contribution in [0.5, 0.6) is 0 Å². The molecule has 0 N–H and O–H groups in total. The average Bonchev–Trinajstić information content (AvgIpc) is 2.93. The lowest BCUT2D eigenvalue weighted by atomic mass is 10.1. The number of rotatable bonds is 2. The highest BCUT2D eigenvalue weighted by Gasteiger charge is 2.28. The Bertz CT molecular complexity index is 347. The highest BCUT2D eigenvalue weighted by atomic mass is 19.2. The van der Waals surface area contributed by atoms with Crippen molar-refractivity contribution in [1.82, 2.24) is 0 Å². The molecule has 1 unspecified atom stereocenters. The Morgan fingerprint density at radius 2 is 1.64 bits per heavy atom. The van der Waals surface area contributed by atoms with Gasteiger partial charge in [0.1, 0.15) is 0 Å². The zero-order valence-electron chi connectivity index (χ0n) is 6.99. The standard InChI is InChI=1S/C9H6F4O/c10-6-2-7(11)9(13)5(8(6)12)1-4-3-14-4/h2,4H,1,3H2. The number of epoxide rings is 1. The molecule has 14 heavy (non-hydrogen) atoms. The third-order valence-electron chi connectivity index (χ3n) is 2.04. The lowest BCUT2D eigenvalue weighted by Crippen LogP contribution is -2.05. The van der Waals surface area contributed by atoms with Crippen LogP contribution in [0.4, 0.5) is 17.6 Å². The third kappa shape index (κ3) is 1.59. The van der Waals surface area contributed by atoms with Crippen LogP contribution in [0.2, 0.25) is 0 Å². The molecule has 0 amide bonds. The van der Waals surface area contributed by atoms with Crippen molar-refractivity contribution >= 4 is 0 Å². The quantitative estimate of drug-likeness (QED) is 0.410. The van der Waals surface area contributed by atoms with Gasteiger partial charge in [0.05, 0.1) is 12.7 Å². The molecule has 0 aromatic heterocycles. The van der Waals surface area contributed by atoms with Gasteiger partial charge >= 0.3 is 0 Å². The summed E-state index contributed by atoms with van der Waals surface area (Å²) in [5.41, 5.74) is -0.579. The van der Waals surface area contributed by atoms with E-state index >= 15 is 0 Å². The lowest BCUT2D eigenvalue weighted by molar-refractivity contribution is 0.390.